The molecule has 0 unspecified atom stereocenters. The summed E-state index contributed by atoms with van der Waals surface area (Å²) in [7, 11) is -4.53. The van der Waals surface area contributed by atoms with Gasteiger partial charge in [0.2, 0.25) is 0 Å². The molecule has 0 aliphatic rings. The van der Waals surface area contributed by atoms with E-state index in [1.807, 2.05) is 0 Å². The van der Waals surface area contributed by atoms with Crippen molar-refractivity contribution in [2.24, 2.45) is 0 Å². The number of Topliss-reactive ketones (excluding diaryl/α,β-unsaturated/α-hetero) is 1. The number of hydrogen-bond acceptors (Lipinski definition) is 4. The summed E-state index contributed by atoms with van der Waals surface area (Å²) >= 11 is 0. The molecule has 0 aliphatic heterocycles. The Kier molecular flexibility index (Phi) is 2.87. The largest absolute Gasteiger partial charge is 0.446 e. The molecule has 0 amide bonds. The van der Waals surface area contributed by atoms with Crippen LogP contribution < -0.4 is 4.18 Å². The summed E-state index contributed by atoms with van der Waals surface area (Å²) in [4.78, 5) is 10.9. The van der Waals surface area contributed by atoms with Crippen LogP contribution in [0, 0.1) is 0 Å². The first-order valence-corrected chi connectivity index (χ1v) is 5.03. The minimum absolute atomic E-state index is 0.0970. The first-order valence-electron chi connectivity index (χ1n) is 3.66. The van der Waals surface area contributed by atoms with Crippen LogP contribution in [0.3, 0.4) is 0 Å². The second kappa shape index (κ2) is 3.77. The summed E-state index contributed by atoms with van der Waals surface area (Å²) in [6, 6.07) is 5.52. The van der Waals surface area contributed by atoms with E-state index in [1.165, 1.54) is 31.2 Å². The van der Waals surface area contributed by atoms with Crippen LogP contribution in [-0.4, -0.2) is 18.8 Å². The first kappa shape index (κ1) is 10.7. The lowest BCUT2D eigenvalue weighted by molar-refractivity contribution is 0.101. The molecular formula is C8H8O5S. The van der Waals surface area contributed by atoms with Gasteiger partial charge in [0.1, 0.15) is 5.75 Å². The molecule has 0 atom stereocenters. The summed E-state index contributed by atoms with van der Waals surface area (Å²) in [6.45, 7) is 1.34. The van der Waals surface area contributed by atoms with Crippen molar-refractivity contribution in [3.05, 3.63) is 29.8 Å². The third-order valence-corrected chi connectivity index (χ3v) is 1.85. The molecule has 1 aromatic carbocycles. The molecular weight excluding hydrogens is 208 g/mol. The normalized spacial score (nSPS) is 11.0. The maximum Gasteiger partial charge on any atom is 0.446 e. The van der Waals surface area contributed by atoms with Crippen LogP contribution in [0.25, 0.3) is 0 Å². The second-order valence-electron chi connectivity index (χ2n) is 2.60. The van der Waals surface area contributed by atoms with Gasteiger partial charge < -0.3 is 4.18 Å². The molecule has 6 heteroatoms. The molecule has 76 valence electrons. The Morgan fingerprint density at radius 2 is 2.07 bits per heavy atom. The fraction of sp³-hybridized carbons (Fsp3) is 0.125. The molecule has 0 saturated heterocycles. The molecule has 1 N–H and O–H groups in total. The minimum Gasteiger partial charge on any atom is -0.362 e. The van der Waals surface area contributed by atoms with Gasteiger partial charge in [-0.1, -0.05) is 12.1 Å². The lowest BCUT2D eigenvalue weighted by Crippen LogP contribution is -2.07. The molecule has 0 aromatic heterocycles. The highest BCUT2D eigenvalue weighted by molar-refractivity contribution is 7.81. The molecule has 0 radical (unpaired) electrons. The average molecular weight is 216 g/mol. The smallest absolute Gasteiger partial charge is 0.362 e. The predicted octanol–water partition coefficient (Wildman–Crippen LogP) is 1.07. The zero-order valence-corrected chi connectivity index (χ0v) is 8.11. The lowest BCUT2D eigenvalue weighted by atomic mass is 10.1. The van der Waals surface area contributed by atoms with Crippen LogP contribution >= 0.6 is 0 Å². The van der Waals surface area contributed by atoms with Crippen LogP contribution in [0.2, 0.25) is 0 Å². The maximum atomic E-state index is 10.9. The van der Waals surface area contributed by atoms with E-state index >= 15 is 0 Å². The van der Waals surface area contributed by atoms with Crippen LogP contribution in [0.1, 0.15) is 17.3 Å². The Bertz CT molecular complexity index is 449. The topological polar surface area (TPSA) is 80.7 Å². The van der Waals surface area contributed by atoms with Crippen molar-refractivity contribution in [1.29, 1.82) is 0 Å². The van der Waals surface area contributed by atoms with Gasteiger partial charge in [0.05, 0.1) is 0 Å². The number of carbonyl (C=O) groups is 1. The maximum absolute atomic E-state index is 10.9. The zero-order valence-electron chi connectivity index (χ0n) is 7.30. The van der Waals surface area contributed by atoms with E-state index in [1.54, 1.807) is 0 Å². The Morgan fingerprint density at radius 1 is 1.43 bits per heavy atom. The summed E-state index contributed by atoms with van der Waals surface area (Å²) < 4.78 is 33.2. The number of hydrogen-bond donors (Lipinski definition) is 1. The molecule has 0 heterocycles. The van der Waals surface area contributed by atoms with Gasteiger partial charge in [0, 0.05) is 5.56 Å². The van der Waals surface area contributed by atoms with Gasteiger partial charge in [0.15, 0.2) is 5.78 Å². The predicted molar refractivity (Wildman–Crippen MR) is 48.6 cm³/mol. The van der Waals surface area contributed by atoms with E-state index in [9.17, 15) is 13.2 Å². The molecule has 0 bridgehead atoms. The minimum atomic E-state index is -4.53. The van der Waals surface area contributed by atoms with Crippen LogP contribution in [0.4, 0.5) is 0 Å². The number of benzene rings is 1. The van der Waals surface area contributed by atoms with Crippen LogP contribution in [0.5, 0.6) is 5.75 Å². The van der Waals surface area contributed by atoms with Gasteiger partial charge in [-0.25, -0.2) is 0 Å². The molecule has 0 saturated carbocycles. The van der Waals surface area contributed by atoms with Crippen molar-refractivity contribution >= 4 is 16.2 Å². The van der Waals surface area contributed by atoms with Crippen LogP contribution in [-0.2, 0) is 10.4 Å². The third kappa shape index (κ3) is 3.15. The lowest BCUT2D eigenvalue weighted by Gasteiger charge is -2.01. The third-order valence-electron chi connectivity index (χ3n) is 1.44. The number of rotatable bonds is 3. The zero-order chi connectivity index (χ0) is 10.8. The van der Waals surface area contributed by atoms with E-state index in [4.69, 9.17) is 4.55 Å². The highest BCUT2D eigenvalue weighted by Crippen LogP contribution is 2.15. The van der Waals surface area contributed by atoms with E-state index in [2.05, 4.69) is 4.18 Å². The molecule has 0 spiro atoms. The van der Waals surface area contributed by atoms with Gasteiger partial charge in [-0.3, -0.25) is 9.35 Å². The Morgan fingerprint density at radius 3 is 2.57 bits per heavy atom. The molecule has 5 nitrogen and oxygen atoms in total. The second-order valence-corrected chi connectivity index (χ2v) is 3.62. The standard InChI is InChI=1S/C8H8O5S/c1-6(9)7-3-2-4-8(5-7)13-14(10,11)12/h2-5H,1H3,(H,10,11,12). The Hall–Kier alpha value is -1.40. The fourth-order valence-electron chi connectivity index (χ4n) is 0.889. The van der Waals surface area contributed by atoms with Crippen LogP contribution in [0.15, 0.2) is 24.3 Å². The first-order chi connectivity index (χ1) is 6.38. The van der Waals surface area contributed by atoms with Gasteiger partial charge in [-0.05, 0) is 19.1 Å². The van der Waals surface area contributed by atoms with Gasteiger partial charge in [-0.2, -0.15) is 8.42 Å². The average Bonchev–Trinajstić information content (AvgIpc) is 2.01. The van der Waals surface area contributed by atoms with Gasteiger partial charge >= 0.3 is 10.4 Å². The van der Waals surface area contributed by atoms with Crippen molar-refractivity contribution < 1.29 is 21.9 Å². The van der Waals surface area contributed by atoms with E-state index in [0.717, 1.165) is 0 Å². The van der Waals surface area contributed by atoms with Crippen molar-refractivity contribution in [3.8, 4) is 5.75 Å². The van der Waals surface area contributed by atoms with Crippen molar-refractivity contribution in [2.45, 2.75) is 6.92 Å². The van der Waals surface area contributed by atoms with E-state index < -0.39 is 10.4 Å². The fourth-order valence-corrected chi connectivity index (χ4v) is 1.24. The SMILES string of the molecule is CC(=O)c1cccc(OS(=O)(=O)O)c1. The van der Waals surface area contributed by atoms with Crippen molar-refractivity contribution in [1.82, 2.24) is 0 Å². The number of carbonyl (C=O) groups excluding carboxylic acids is 1. The van der Waals surface area contributed by atoms with Crippen molar-refractivity contribution in [3.63, 3.8) is 0 Å². The molecule has 14 heavy (non-hydrogen) atoms. The Balaban J connectivity index is 3.01. The quantitative estimate of drug-likeness (QED) is 0.603. The summed E-state index contributed by atoms with van der Waals surface area (Å²) in [6.07, 6.45) is 0. The van der Waals surface area contributed by atoms with Crippen molar-refractivity contribution in [2.75, 3.05) is 0 Å². The summed E-state index contributed by atoms with van der Waals surface area (Å²) in [5.41, 5.74) is 0.311. The highest BCUT2D eigenvalue weighted by atomic mass is 32.3. The summed E-state index contributed by atoms with van der Waals surface area (Å²) in [5.74, 6) is -0.314. The molecule has 0 fully saturated rings. The summed E-state index contributed by atoms with van der Waals surface area (Å²) in [5, 5.41) is 0. The van der Waals surface area contributed by atoms with E-state index in [0.29, 0.717) is 5.56 Å². The molecule has 1 aromatic rings. The van der Waals surface area contributed by atoms with E-state index in [-0.39, 0.29) is 11.5 Å². The highest BCUT2D eigenvalue weighted by Gasteiger charge is 2.08. The molecule has 0 aliphatic carbocycles. The molecule has 1 rings (SSSR count). The van der Waals surface area contributed by atoms with Gasteiger partial charge in [0.25, 0.3) is 0 Å². The Labute approximate surface area is 81.3 Å². The monoisotopic (exact) mass is 216 g/mol. The van der Waals surface area contributed by atoms with Gasteiger partial charge in [-0.15, -0.1) is 0 Å². The number of ketones is 1.